The van der Waals surface area contributed by atoms with E-state index in [4.69, 9.17) is 16.3 Å². The van der Waals surface area contributed by atoms with Crippen LogP contribution in [-0.4, -0.2) is 30.5 Å². The third kappa shape index (κ3) is 10.8. The van der Waals surface area contributed by atoms with Gasteiger partial charge in [0.05, 0.1) is 5.60 Å². The van der Waals surface area contributed by atoms with Gasteiger partial charge < -0.3 is 9.65 Å². The van der Waals surface area contributed by atoms with Crippen molar-refractivity contribution in [2.24, 2.45) is 4.99 Å². The van der Waals surface area contributed by atoms with Crippen molar-refractivity contribution in [3.8, 4) is 0 Å². The molecule has 117 valence electrons. The van der Waals surface area contributed by atoms with Crippen molar-refractivity contribution in [1.82, 2.24) is 0 Å². The molecule has 0 aliphatic rings. The lowest BCUT2D eigenvalue weighted by Crippen LogP contribution is -2.45. The average molecular weight is 319 g/mol. The minimum Gasteiger partial charge on any atom is -0.426 e. The van der Waals surface area contributed by atoms with E-state index in [1.807, 2.05) is 27.7 Å². The second-order valence-electron chi connectivity index (χ2n) is 5.68. The fraction of sp³-hybridized carbons (Fsp3) is 0.800. The van der Waals surface area contributed by atoms with Gasteiger partial charge in [-0.1, -0.05) is 38.3 Å². The molecular formula is C15H30BClNOS. The quantitative estimate of drug-likeness (QED) is 0.411. The van der Waals surface area contributed by atoms with E-state index >= 15 is 0 Å². The molecule has 0 aliphatic heterocycles. The third-order valence-corrected chi connectivity index (χ3v) is 3.70. The third-order valence-electron chi connectivity index (χ3n) is 3.05. The van der Waals surface area contributed by atoms with Gasteiger partial charge in [-0.2, -0.15) is 12.6 Å². The number of aliphatic imine (C=N–C) groups is 1. The van der Waals surface area contributed by atoms with Crippen LogP contribution in [-0.2, 0) is 4.65 Å². The maximum absolute atomic E-state index is 5.78. The highest BCUT2D eigenvalue weighted by Crippen LogP contribution is 2.30. The minimum absolute atomic E-state index is 0.248. The first-order chi connectivity index (χ1) is 9.01. The molecule has 0 aromatic heterocycles. The molecule has 0 N–H and O–H groups in total. The Bertz CT molecular complexity index is 316. The van der Waals surface area contributed by atoms with Gasteiger partial charge in [-0.3, -0.25) is 0 Å². The summed E-state index contributed by atoms with van der Waals surface area (Å²) in [6.07, 6.45) is 4.39. The Morgan fingerprint density at radius 2 is 1.70 bits per heavy atom. The van der Waals surface area contributed by atoms with E-state index in [1.54, 1.807) is 27.5 Å². The molecule has 2 nitrogen and oxygen atoms in total. The summed E-state index contributed by atoms with van der Waals surface area (Å²) < 4.78 is 5.46. The van der Waals surface area contributed by atoms with Gasteiger partial charge in [-0.25, -0.2) is 0 Å². The molecular weight excluding hydrogens is 289 g/mol. The molecule has 0 fully saturated rings. The zero-order valence-corrected chi connectivity index (χ0v) is 15.9. The van der Waals surface area contributed by atoms with Crippen molar-refractivity contribution in [3.05, 3.63) is 11.1 Å². The average Bonchev–Trinajstić information content (AvgIpc) is 2.33. The van der Waals surface area contributed by atoms with E-state index in [2.05, 4.69) is 31.5 Å². The van der Waals surface area contributed by atoms with E-state index in [0.717, 1.165) is 0 Å². The molecule has 0 bridgehead atoms. The standard InChI is InChI=1S/C11H20BClNOS.C4H10/c1-8(13)7-9(14-6)12-15-10(2,3)11(4,5)16;1-3-4-2/h7,16H,1-6H3;3-4H2,1-2H3/b8-7+,14-9?;. The maximum atomic E-state index is 5.78. The van der Waals surface area contributed by atoms with Crippen LogP contribution in [0.4, 0.5) is 0 Å². The zero-order chi connectivity index (χ0) is 16.4. The Morgan fingerprint density at radius 3 is 1.95 bits per heavy atom. The summed E-state index contributed by atoms with van der Waals surface area (Å²) >= 11 is 10.3. The summed E-state index contributed by atoms with van der Waals surface area (Å²) in [5.74, 6) is 0. The Kier molecular flexibility index (Phi) is 12.0. The fourth-order valence-corrected chi connectivity index (χ4v) is 0.871. The topological polar surface area (TPSA) is 21.6 Å². The first-order valence-corrected chi connectivity index (χ1v) is 7.88. The lowest BCUT2D eigenvalue weighted by molar-refractivity contribution is 0.0863. The maximum Gasteiger partial charge on any atom is 0.351 e. The predicted octanol–water partition coefficient (Wildman–Crippen LogP) is 5.09. The second-order valence-corrected chi connectivity index (χ2v) is 7.40. The van der Waals surface area contributed by atoms with Crippen molar-refractivity contribution in [3.63, 3.8) is 0 Å². The molecule has 5 heteroatoms. The highest BCUT2D eigenvalue weighted by atomic mass is 35.5. The molecule has 0 unspecified atom stereocenters. The van der Waals surface area contributed by atoms with Crippen LogP contribution in [0, 0.1) is 0 Å². The molecule has 1 radical (unpaired) electrons. The van der Waals surface area contributed by atoms with E-state index in [-0.39, 0.29) is 10.3 Å². The molecule has 0 atom stereocenters. The number of hydrogen-bond donors (Lipinski definition) is 1. The minimum atomic E-state index is -0.389. The van der Waals surface area contributed by atoms with E-state index in [0.29, 0.717) is 10.6 Å². The van der Waals surface area contributed by atoms with Crippen LogP contribution in [0.2, 0.25) is 0 Å². The Balaban J connectivity index is 0. The fourth-order valence-electron chi connectivity index (χ4n) is 0.707. The van der Waals surface area contributed by atoms with Gasteiger partial charge in [-0.05, 0) is 40.7 Å². The van der Waals surface area contributed by atoms with Gasteiger partial charge in [0.25, 0.3) is 0 Å². The van der Waals surface area contributed by atoms with E-state index in [1.165, 1.54) is 12.8 Å². The van der Waals surface area contributed by atoms with Crippen LogP contribution < -0.4 is 0 Å². The molecule has 0 spiro atoms. The van der Waals surface area contributed by atoms with Gasteiger partial charge >= 0.3 is 7.48 Å². The Morgan fingerprint density at radius 1 is 1.25 bits per heavy atom. The number of allylic oxidation sites excluding steroid dienone is 2. The molecule has 0 saturated carbocycles. The largest absolute Gasteiger partial charge is 0.426 e. The SMILES string of the molecule is CCCC.CN=C([B]OC(C)(C)C(C)(C)S)/C=C(\C)Cl. The molecule has 0 aliphatic carbocycles. The first kappa shape index (κ1) is 22.4. The summed E-state index contributed by atoms with van der Waals surface area (Å²) in [4.78, 5) is 4.06. The molecule has 0 amide bonds. The molecule has 0 aromatic carbocycles. The number of halogens is 1. The summed E-state index contributed by atoms with van der Waals surface area (Å²) in [6, 6.07) is 0. The molecule has 0 rings (SSSR count). The van der Waals surface area contributed by atoms with Gasteiger partial charge in [0, 0.05) is 22.4 Å². The highest BCUT2D eigenvalue weighted by Gasteiger charge is 2.34. The Hall–Kier alpha value is 0.0749. The van der Waals surface area contributed by atoms with Crippen LogP contribution in [0.15, 0.2) is 16.1 Å². The van der Waals surface area contributed by atoms with E-state index < -0.39 is 0 Å². The van der Waals surface area contributed by atoms with Crippen molar-refractivity contribution in [2.75, 3.05) is 7.05 Å². The smallest absolute Gasteiger partial charge is 0.351 e. The number of thiol groups is 1. The molecule has 0 heterocycles. The van der Waals surface area contributed by atoms with Crippen LogP contribution >= 0.6 is 24.2 Å². The predicted molar refractivity (Wildman–Crippen MR) is 97.5 cm³/mol. The van der Waals surface area contributed by atoms with E-state index in [9.17, 15) is 0 Å². The molecule has 0 saturated heterocycles. The summed E-state index contributed by atoms with van der Waals surface area (Å²) in [5.41, 5.74) is 0.318. The highest BCUT2D eigenvalue weighted by molar-refractivity contribution is 7.81. The zero-order valence-electron chi connectivity index (χ0n) is 14.2. The van der Waals surface area contributed by atoms with Crippen molar-refractivity contribution >= 4 is 37.3 Å². The number of unbranched alkanes of at least 4 members (excludes halogenated alkanes) is 1. The monoisotopic (exact) mass is 318 g/mol. The van der Waals surface area contributed by atoms with Crippen LogP contribution in [0.1, 0.15) is 61.3 Å². The number of hydrogen-bond acceptors (Lipinski definition) is 3. The van der Waals surface area contributed by atoms with Gasteiger partial charge in [0.2, 0.25) is 0 Å². The van der Waals surface area contributed by atoms with Crippen LogP contribution in [0.3, 0.4) is 0 Å². The lowest BCUT2D eigenvalue weighted by Gasteiger charge is -2.38. The van der Waals surface area contributed by atoms with Gasteiger partial charge in [0.1, 0.15) is 0 Å². The van der Waals surface area contributed by atoms with Crippen molar-refractivity contribution in [1.29, 1.82) is 0 Å². The van der Waals surface area contributed by atoms with Gasteiger partial charge in [0.15, 0.2) is 0 Å². The first-order valence-electron chi connectivity index (χ1n) is 7.05. The Labute approximate surface area is 137 Å². The number of nitrogens with zero attached hydrogens (tertiary/aromatic N) is 1. The van der Waals surface area contributed by atoms with Gasteiger partial charge in [-0.15, -0.1) is 0 Å². The second kappa shape index (κ2) is 10.8. The number of rotatable bonds is 6. The molecule has 0 aromatic rings. The van der Waals surface area contributed by atoms with Crippen molar-refractivity contribution < 1.29 is 4.65 Å². The molecule has 20 heavy (non-hydrogen) atoms. The van der Waals surface area contributed by atoms with Crippen molar-refractivity contribution in [2.45, 2.75) is 71.7 Å². The van der Waals surface area contributed by atoms with Crippen LogP contribution in [0.5, 0.6) is 0 Å². The lowest BCUT2D eigenvalue weighted by atomic mass is 9.86. The summed E-state index contributed by atoms with van der Waals surface area (Å²) in [7, 11) is 3.31. The summed E-state index contributed by atoms with van der Waals surface area (Å²) in [6.45, 7) is 14.2. The van der Waals surface area contributed by atoms with Crippen LogP contribution in [0.25, 0.3) is 0 Å². The summed E-state index contributed by atoms with van der Waals surface area (Å²) in [5, 5.41) is 0.670. The normalized spacial score (nSPS) is 13.7.